The lowest BCUT2D eigenvalue weighted by molar-refractivity contribution is -0.139. The van der Waals surface area contributed by atoms with Gasteiger partial charge in [0.15, 0.2) is 5.78 Å². The number of carbonyl (C=O) groups is 2. The first-order valence-corrected chi connectivity index (χ1v) is 5.99. The first kappa shape index (κ1) is 15.4. The zero-order chi connectivity index (χ0) is 14.6. The molecule has 1 aromatic rings. The van der Waals surface area contributed by atoms with Crippen LogP contribution in [0.4, 0.5) is 0 Å². The van der Waals surface area contributed by atoms with Crippen LogP contribution in [0.25, 0.3) is 0 Å². The Labute approximate surface area is 116 Å². The Morgan fingerprint density at radius 3 is 2.37 bits per heavy atom. The van der Waals surface area contributed by atoms with E-state index in [1.807, 2.05) is 13.8 Å². The van der Waals surface area contributed by atoms with Crippen LogP contribution in [-0.2, 0) is 9.53 Å². The summed E-state index contributed by atoms with van der Waals surface area (Å²) in [6.07, 6.45) is -0.397. The van der Waals surface area contributed by atoms with Crippen LogP contribution < -0.4 is 4.74 Å². The topological polar surface area (TPSA) is 78.4 Å². The van der Waals surface area contributed by atoms with Crippen LogP contribution in [-0.4, -0.2) is 35.9 Å². The highest BCUT2D eigenvalue weighted by Crippen LogP contribution is 2.26. The molecule has 0 amide bonds. The van der Waals surface area contributed by atoms with Gasteiger partial charge in [0.2, 0.25) is 0 Å². The summed E-state index contributed by atoms with van der Waals surface area (Å²) in [7, 11) is 2.62. The zero-order valence-corrected chi connectivity index (χ0v) is 11.9. The maximum atomic E-state index is 12.1. The lowest BCUT2D eigenvalue weighted by Gasteiger charge is -2.12. The average molecular weight is 287 g/mol. The third-order valence-electron chi connectivity index (χ3n) is 2.41. The summed E-state index contributed by atoms with van der Waals surface area (Å²) in [6.45, 7) is 3.71. The van der Waals surface area contributed by atoms with Crippen molar-refractivity contribution in [3.05, 3.63) is 16.4 Å². The third-order valence-corrected chi connectivity index (χ3v) is 2.69. The number of esters is 1. The highest BCUT2D eigenvalue weighted by atomic mass is 35.5. The van der Waals surface area contributed by atoms with E-state index in [9.17, 15) is 9.59 Å². The smallest absolute Gasteiger partial charge is 0.317 e. The summed E-state index contributed by atoms with van der Waals surface area (Å²) in [5.41, 5.74) is 0.591. The van der Waals surface area contributed by atoms with E-state index in [-0.39, 0.29) is 22.6 Å². The molecule has 0 aromatic carbocycles. The zero-order valence-electron chi connectivity index (χ0n) is 11.2. The summed E-state index contributed by atoms with van der Waals surface area (Å²) in [5.74, 6) is -1.17. The molecule has 6 nitrogen and oxygen atoms in total. The van der Waals surface area contributed by atoms with Crippen molar-refractivity contribution in [3.63, 3.8) is 0 Å². The van der Waals surface area contributed by atoms with Crippen LogP contribution in [0.15, 0.2) is 0 Å². The monoisotopic (exact) mass is 286 g/mol. The second-order valence-electron chi connectivity index (χ2n) is 4.09. The van der Waals surface area contributed by atoms with E-state index in [4.69, 9.17) is 16.3 Å². The predicted octanol–water partition coefficient (Wildman–Crippen LogP) is 2.01. The van der Waals surface area contributed by atoms with Gasteiger partial charge in [-0.1, -0.05) is 25.4 Å². The summed E-state index contributed by atoms with van der Waals surface area (Å²) in [4.78, 5) is 31.2. The standard InChI is InChI=1S/C12H15ClN2O4/c1-6(2)10-9(7(16)5-8(17)18-3)11(13)15-12(14-10)19-4/h6H,5H2,1-4H3. The highest BCUT2D eigenvalue weighted by Gasteiger charge is 2.24. The van der Waals surface area contributed by atoms with Crippen molar-refractivity contribution in [2.45, 2.75) is 26.2 Å². The molecule has 0 aliphatic rings. The number of carbonyl (C=O) groups excluding carboxylic acids is 2. The maximum Gasteiger partial charge on any atom is 0.317 e. The van der Waals surface area contributed by atoms with Crippen LogP contribution in [0.3, 0.4) is 0 Å². The SMILES string of the molecule is COC(=O)CC(=O)c1c(Cl)nc(OC)nc1C(C)C. The molecule has 0 aliphatic heterocycles. The molecular weight excluding hydrogens is 272 g/mol. The van der Waals surface area contributed by atoms with Crippen molar-refractivity contribution in [1.29, 1.82) is 0 Å². The van der Waals surface area contributed by atoms with E-state index in [0.29, 0.717) is 5.69 Å². The van der Waals surface area contributed by atoms with Gasteiger partial charge in [0.25, 0.3) is 0 Å². The van der Waals surface area contributed by atoms with Gasteiger partial charge in [-0.25, -0.2) is 0 Å². The normalized spacial score (nSPS) is 10.4. The molecule has 0 saturated heterocycles. The molecule has 0 bridgehead atoms. The Balaban J connectivity index is 3.25. The lowest BCUT2D eigenvalue weighted by atomic mass is 10.0. The molecule has 0 N–H and O–H groups in total. The van der Waals surface area contributed by atoms with Gasteiger partial charge in [-0.15, -0.1) is 0 Å². The Bertz CT molecular complexity index is 503. The number of aromatic nitrogens is 2. The molecule has 0 aliphatic carbocycles. The first-order chi connectivity index (χ1) is 8.90. The number of hydrogen-bond acceptors (Lipinski definition) is 6. The van der Waals surface area contributed by atoms with Gasteiger partial charge in [-0.05, 0) is 5.92 Å². The van der Waals surface area contributed by atoms with Crippen molar-refractivity contribution in [2.24, 2.45) is 0 Å². The molecule has 1 aromatic heterocycles. The lowest BCUT2D eigenvalue weighted by Crippen LogP contribution is -2.15. The molecule has 0 atom stereocenters. The molecule has 104 valence electrons. The summed E-state index contributed by atoms with van der Waals surface area (Å²) in [6, 6.07) is 0.0864. The predicted molar refractivity (Wildman–Crippen MR) is 68.6 cm³/mol. The number of Topliss-reactive ketones (excluding diaryl/α,β-unsaturated/α-hetero) is 1. The van der Waals surface area contributed by atoms with Crippen LogP contribution in [0.5, 0.6) is 6.01 Å². The number of ketones is 1. The fraction of sp³-hybridized carbons (Fsp3) is 0.500. The summed E-state index contributed by atoms with van der Waals surface area (Å²) < 4.78 is 9.37. The fourth-order valence-corrected chi connectivity index (χ4v) is 1.76. The van der Waals surface area contributed by atoms with Gasteiger partial charge in [0.05, 0.1) is 25.5 Å². The van der Waals surface area contributed by atoms with Crippen molar-refractivity contribution in [1.82, 2.24) is 9.97 Å². The van der Waals surface area contributed by atoms with Crippen molar-refractivity contribution >= 4 is 23.4 Å². The van der Waals surface area contributed by atoms with Gasteiger partial charge in [0.1, 0.15) is 11.6 Å². The Hall–Kier alpha value is -1.69. The van der Waals surface area contributed by atoms with Crippen LogP contribution >= 0.6 is 11.6 Å². The van der Waals surface area contributed by atoms with E-state index in [2.05, 4.69) is 14.7 Å². The number of ether oxygens (including phenoxy) is 2. The van der Waals surface area contributed by atoms with Crippen LogP contribution in [0.1, 0.15) is 42.2 Å². The van der Waals surface area contributed by atoms with Crippen molar-refractivity contribution in [2.75, 3.05) is 14.2 Å². The molecule has 0 unspecified atom stereocenters. The van der Waals surface area contributed by atoms with Gasteiger partial charge in [0, 0.05) is 0 Å². The van der Waals surface area contributed by atoms with Crippen LogP contribution in [0, 0.1) is 0 Å². The Morgan fingerprint density at radius 1 is 1.26 bits per heavy atom. The Kier molecular flexibility index (Phi) is 5.23. The highest BCUT2D eigenvalue weighted by molar-refractivity contribution is 6.33. The number of methoxy groups -OCH3 is 2. The van der Waals surface area contributed by atoms with E-state index in [1.165, 1.54) is 14.2 Å². The minimum Gasteiger partial charge on any atom is -0.469 e. The van der Waals surface area contributed by atoms with E-state index in [0.717, 1.165) is 0 Å². The van der Waals surface area contributed by atoms with Gasteiger partial charge < -0.3 is 9.47 Å². The average Bonchev–Trinajstić information content (AvgIpc) is 2.36. The molecule has 0 fully saturated rings. The van der Waals surface area contributed by atoms with E-state index < -0.39 is 18.2 Å². The first-order valence-electron chi connectivity index (χ1n) is 5.62. The minimum absolute atomic E-state index is 0.0237. The summed E-state index contributed by atoms with van der Waals surface area (Å²) >= 11 is 5.97. The van der Waals surface area contributed by atoms with E-state index >= 15 is 0 Å². The van der Waals surface area contributed by atoms with Crippen molar-refractivity contribution in [3.8, 4) is 6.01 Å². The second kappa shape index (κ2) is 6.47. The molecular formula is C12H15ClN2O4. The quantitative estimate of drug-likeness (QED) is 0.356. The van der Waals surface area contributed by atoms with Gasteiger partial charge >= 0.3 is 12.0 Å². The molecule has 1 rings (SSSR count). The molecule has 7 heteroatoms. The number of halogens is 1. The number of hydrogen-bond donors (Lipinski definition) is 0. The number of rotatable bonds is 5. The maximum absolute atomic E-state index is 12.1. The van der Waals surface area contributed by atoms with Gasteiger partial charge in [-0.2, -0.15) is 9.97 Å². The second-order valence-corrected chi connectivity index (χ2v) is 4.45. The largest absolute Gasteiger partial charge is 0.469 e. The van der Waals surface area contributed by atoms with Gasteiger partial charge in [-0.3, -0.25) is 9.59 Å². The number of nitrogens with zero attached hydrogens (tertiary/aromatic N) is 2. The molecule has 0 spiro atoms. The molecule has 19 heavy (non-hydrogen) atoms. The van der Waals surface area contributed by atoms with Crippen molar-refractivity contribution < 1.29 is 19.1 Å². The fourth-order valence-electron chi connectivity index (χ4n) is 1.49. The minimum atomic E-state index is -0.633. The Morgan fingerprint density at radius 2 is 1.89 bits per heavy atom. The summed E-state index contributed by atoms with van der Waals surface area (Å²) in [5, 5.41) is -0.0237. The van der Waals surface area contributed by atoms with E-state index in [1.54, 1.807) is 0 Å². The third kappa shape index (κ3) is 3.64. The van der Waals surface area contributed by atoms with Crippen LogP contribution in [0.2, 0.25) is 5.15 Å². The molecule has 0 radical (unpaired) electrons. The molecule has 0 saturated carbocycles. The molecule has 1 heterocycles.